The lowest BCUT2D eigenvalue weighted by Crippen LogP contribution is -2.05. The van der Waals surface area contributed by atoms with Gasteiger partial charge in [-0.15, -0.1) is 0 Å². The quantitative estimate of drug-likeness (QED) is 0.876. The van der Waals surface area contributed by atoms with Gasteiger partial charge in [0.15, 0.2) is 0 Å². The van der Waals surface area contributed by atoms with Crippen LogP contribution in [-0.2, 0) is 11.3 Å². The molecule has 0 unspecified atom stereocenters. The maximum absolute atomic E-state index is 11.3. The number of nitrogens with zero attached hydrogens (tertiary/aromatic N) is 1. The smallest absolute Gasteiger partial charge is 0.339 e. The van der Waals surface area contributed by atoms with Crippen LogP contribution in [-0.4, -0.2) is 18.1 Å². The third-order valence-corrected chi connectivity index (χ3v) is 3.14. The Bertz CT molecular complexity index is 612. The number of carbonyl (C=O) groups is 1. The minimum Gasteiger partial charge on any atom is -0.465 e. The molecule has 0 bridgehead atoms. The van der Waals surface area contributed by atoms with Crippen molar-refractivity contribution in [2.75, 3.05) is 12.4 Å². The van der Waals surface area contributed by atoms with Crippen LogP contribution >= 0.6 is 11.6 Å². The molecule has 0 aliphatic carbocycles. The maximum Gasteiger partial charge on any atom is 0.339 e. The molecule has 2 aromatic rings. The van der Waals surface area contributed by atoms with Gasteiger partial charge in [0.25, 0.3) is 0 Å². The first kappa shape index (κ1) is 14.3. The van der Waals surface area contributed by atoms with Gasteiger partial charge in [-0.3, -0.25) is 4.98 Å². The fraction of sp³-hybridized carbons (Fsp3) is 0.200. The highest BCUT2D eigenvalue weighted by Gasteiger charge is 2.06. The van der Waals surface area contributed by atoms with E-state index in [0.717, 1.165) is 16.9 Å². The summed E-state index contributed by atoms with van der Waals surface area (Å²) in [5.41, 5.74) is 3.22. The Morgan fingerprint density at radius 2 is 2.15 bits per heavy atom. The molecule has 1 aromatic heterocycles. The Hall–Kier alpha value is -2.07. The van der Waals surface area contributed by atoms with Crippen LogP contribution in [0.3, 0.4) is 0 Å². The van der Waals surface area contributed by atoms with Crippen molar-refractivity contribution in [2.24, 2.45) is 0 Å². The number of rotatable bonds is 4. The second kappa shape index (κ2) is 6.39. The number of pyridine rings is 1. The lowest BCUT2D eigenvalue weighted by Gasteiger charge is -2.09. The van der Waals surface area contributed by atoms with Crippen molar-refractivity contribution in [3.63, 3.8) is 0 Å². The van der Waals surface area contributed by atoms with E-state index in [2.05, 4.69) is 15.0 Å². The predicted molar refractivity (Wildman–Crippen MR) is 79.1 cm³/mol. The maximum atomic E-state index is 11.3. The lowest BCUT2D eigenvalue weighted by molar-refractivity contribution is 0.0600. The van der Waals surface area contributed by atoms with E-state index >= 15 is 0 Å². The largest absolute Gasteiger partial charge is 0.465 e. The van der Waals surface area contributed by atoms with Crippen LogP contribution in [0.4, 0.5) is 5.69 Å². The van der Waals surface area contributed by atoms with Gasteiger partial charge in [0, 0.05) is 6.20 Å². The minimum absolute atomic E-state index is 0.390. The van der Waals surface area contributed by atoms with Gasteiger partial charge >= 0.3 is 5.97 Å². The predicted octanol–water partition coefficient (Wildman–Crippen LogP) is 3.44. The van der Waals surface area contributed by atoms with E-state index in [4.69, 9.17) is 11.6 Å². The van der Waals surface area contributed by atoms with Crippen LogP contribution in [0.5, 0.6) is 0 Å². The molecular formula is C15H15ClN2O2. The van der Waals surface area contributed by atoms with Crippen LogP contribution in [0.1, 0.15) is 21.6 Å². The van der Waals surface area contributed by atoms with Crippen LogP contribution < -0.4 is 5.32 Å². The average Bonchev–Trinajstić information content (AvgIpc) is 2.46. The molecule has 104 valence electrons. The first-order valence-corrected chi connectivity index (χ1v) is 6.51. The van der Waals surface area contributed by atoms with Gasteiger partial charge in [-0.1, -0.05) is 17.7 Å². The van der Waals surface area contributed by atoms with Gasteiger partial charge in [-0.05, 0) is 36.8 Å². The number of benzene rings is 1. The van der Waals surface area contributed by atoms with E-state index in [1.807, 2.05) is 25.1 Å². The third kappa shape index (κ3) is 3.48. The number of anilines is 1. The van der Waals surface area contributed by atoms with Crippen molar-refractivity contribution < 1.29 is 9.53 Å². The molecule has 4 nitrogen and oxygen atoms in total. The normalized spacial score (nSPS) is 10.2. The molecule has 0 atom stereocenters. The molecule has 2 rings (SSSR count). The Balaban J connectivity index is 2.02. The molecule has 0 amide bonds. The Morgan fingerprint density at radius 1 is 1.35 bits per heavy atom. The number of carbonyl (C=O) groups excluding carboxylic acids is 1. The minimum atomic E-state index is -0.390. The highest BCUT2D eigenvalue weighted by Crippen LogP contribution is 2.23. The van der Waals surface area contributed by atoms with E-state index in [1.165, 1.54) is 13.3 Å². The molecule has 0 saturated heterocycles. The molecule has 5 heteroatoms. The summed E-state index contributed by atoms with van der Waals surface area (Å²) < 4.78 is 4.62. The number of aryl methyl sites for hydroxylation is 1. The summed E-state index contributed by atoms with van der Waals surface area (Å²) in [7, 11) is 1.34. The number of methoxy groups -OCH3 is 1. The Kier molecular flexibility index (Phi) is 4.58. The average molecular weight is 291 g/mol. The number of hydrogen-bond acceptors (Lipinski definition) is 4. The van der Waals surface area contributed by atoms with Crippen molar-refractivity contribution in [1.29, 1.82) is 0 Å². The number of halogens is 1. The molecule has 20 heavy (non-hydrogen) atoms. The van der Waals surface area contributed by atoms with E-state index in [1.54, 1.807) is 12.1 Å². The summed E-state index contributed by atoms with van der Waals surface area (Å²) in [6, 6.07) is 9.29. The first-order valence-electron chi connectivity index (χ1n) is 6.13. The molecule has 1 aromatic carbocycles. The van der Waals surface area contributed by atoms with Crippen LogP contribution in [0.2, 0.25) is 5.02 Å². The van der Waals surface area contributed by atoms with E-state index < -0.39 is 5.97 Å². The summed E-state index contributed by atoms with van der Waals surface area (Å²) >= 11 is 6.14. The van der Waals surface area contributed by atoms with E-state index in [-0.39, 0.29) is 0 Å². The second-order valence-electron chi connectivity index (χ2n) is 4.37. The van der Waals surface area contributed by atoms with Crippen LogP contribution in [0.25, 0.3) is 0 Å². The number of nitrogens with one attached hydrogen (secondary N) is 1. The Labute approximate surface area is 122 Å². The summed E-state index contributed by atoms with van der Waals surface area (Å²) in [4.78, 5) is 15.5. The molecule has 1 N–H and O–H groups in total. The number of ether oxygens (including phenoxy) is 1. The summed E-state index contributed by atoms with van der Waals surface area (Å²) in [6.45, 7) is 2.52. The van der Waals surface area contributed by atoms with Gasteiger partial charge in [-0.25, -0.2) is 4.79 Å². The molecule has 0 aliphatic heterocycles. The molecule has 1 heterocycles. The zero-order valence-electron chi connectivity index (χ0n) is 11.3. The van der Waals surface area contributed by atoms with Crippen molar-refractivity contribution in [1.82, 2.24) is 4.98 Å². The first-order chi connectivity index (χ1) is 9.60. The standard InChI is InChI=1S/C15H15ClN2O2/c1-10-3-6-14(13(16)7-10)18-9-12-5-4-11(8-17-12)15(19)20-2/h3-8,18H,9H2,1-2H3. The topological polar surface area (TPSA) is 51.2 Å². The highest BCUT2D eigenvalue weighted by atomic mass is 35.5. The molecule has 0 radical (unpaired) electrons. The van der Waals surface area contributed by atoms with Gasteiger partial charge < -0.3 is 10.1 Å². The summed E-state index contributed by atoms with van der Waals surface area (Å²) in [6.07, 6.45) is 1.50. The van der Waals surface area contributed by atoms with Crippen molar-refractivity contribution in [2.45, 2.75) is 13.5 Å². The van der Waals surface area contributed by atoms with Crippen molar-refractivity contribution >= 4 is 23.3 Å². The fourth-order valence-electron chi connectivity index (χ4n) is 1.72. The molecule has 0 aliphatic rings. The monoisotopic (exact) mass is 290 g/mol. The van der Waals surface area contributed by atoms with E-state index in [0.29, 0.717) is 17.1 Å². The lowest BCUT2D eigenvalue weighted by atomic mass is 10.2. The zero-order chi connectivity index (χ0) is 14.5. The fourth-order valence-corrected chi connectivity index (χ4v) is 2.02. The number of esters is 1. The Morgan fingerprint density at radius 3 is 2.75 bits per heavy atom. The SMILES string of the molecule is COC(=O)c1ccc(CNc2ccc(C)cc2Cl)nc1. The van der Waals surface area contributed by atoms with Crippen LogP contribution in [0.15, 0.2) is 36.5 Å². The number of hydrogen-bond donors (Lipinski definition) is 1. The molecule has 0 fully saturated rings. The van der Waals surface area contributed by atoms with Crippen LogP contribution in [0, 0.1) is 6.92 Å². The summed E-state index contributed by atoms with van der Waals surface area (Å²) in [5, 5.41) is 3.89. The molecular weight excluding hydrogens is 276 g/mol. The van der Waals surface area contributed by atoms with Gasteiger partial charge in [0.05, 0.1) is 35.6 Å². The summed E-state index contributed by atoms with van der Waals surface area (Å²) in [5.74, 6) is -0.390. The van der Waals surface area contributed by atoms with Crippen molar-refractivity contribution in [3.8, 4) is 0 Å². The number of aromatic nitrogens is 1. The molecule has 0 saturated carbocycles. The van der Waals surface area contributed by atoms with E-state index in [9.17, 15) is 4.79 Å². The van der Waals surface area contributed by atoms with Gasteiger partial charge in [0.1, 0.15) is 0 Å². The second-order valence-corrected chi connectivity index (χ2v) is 4.77. The molecule has 0 spiro atoms. The van der Waals surface area contributed by atoms with Gasteiger partial charge in [-0.2, -0.15) is 0 Å². The highest BCUT2D eigenvalue weighted by molar-refractivity contribution is 6.33. The third-order valence-electron chi connectivity index (χ3n) is 2.83. The van der Waals surface area contributed by atoms with Gasteiger partial charge in [0.2, 0.25) is 0 Å². The van der Waals surface area contributed by atoms with Crippen molar-refractivity contribution in [3.05, 3.63) is 58.4 Å². The zero-order valence-corrected chi connectivity index (χ0v) is 12.1.